The van der Waals surface area contributed by atoms with Crippen molar-refractivity contribution < 1.29 is 9.32 Å². The molecular formula is C15H21N5O2. The van der Waals surface area contributed by atoms with E-state index in [9.17, 15) is 4.79 Å². The van der Waals surface area contributed by atoms with Gasteiger partial charge in [0, 0.05) is 32.4 Å². The van der Waals surface area contributed by atoms with Gasteiger partial charge in [-0.05, 0) is 31.7 Å². The third-order valence-corrected chi connectivity index (χ3v) is 3.94. The molecule has 3 heterocycles. The molecule has 0 spiro atoms. The third kappa shape index (κ3) is 3.13. The van der Waals surface area contributed by atoms with Crippen molar-refractivity contribution in [2.75, 3.05) is 13.1 Å². The van der Waals surface area contributed by atoms with Gasteiger partial charge >= 0.3 is 6.03 Å². The Labute approximate surface area is 129 Å². The van der Waals surface area contributed by atoms with Crippen molar-refractivity contribution in [2.45, 2.75) is 32.2 Å². The number of rotatable bonds is 4. The molecule has 0 radical (unpaired) electrons. The van der Waals surface area contributed by atoms with Crippen molar-refractivity contribution in [1.29, 1.82) is 0 Å². The first kappa shape index (κ1) is 14.6. The molecule has 1 aliphatic rings. The maximum absolute atomic E-state index is 12.4. The van der Waals surface area contributed by atoms with Gasteiger partial charge in [-0.15, -0.1) is 0 Å². The summed E-state index contributed by atoms with van der Waals surface area (Å²) in [6.45, 7) is 3.24. The Hall–Kier alpha value is -2.31. The zero-order valence-corrected chi connectivity index (χ0v) is 13.0. The standard InChI is InChI=1S/C15H21N5O2/c1-11-8-14(22-18-11)13-4-3-7-20(13)15(21)16-6-5-12-9-17-19(2)10-12/h8-10,13H,3-7H2,1-2H3,(H,16,21). The second-order valence-electron chi connectivity index (χ2n) is 5.73. The Morgan fingerprint density at radius 1 is 1.55 bits per heavy atom. The number of carbonyl (C=O) groups excluding carboxylic acids is 1. The number of likely N-dealkylation sites (tertiary alicyclic amines) is 1. The zero-order chi connectivity index (χ0) is 15.5. The molecule has 2 aromatic heterocycles. The Morgan fingerprint density at radius 2 is 2.41 bits per heavy atom. The first-order valence-electron chi connectivity index (χ1n) is 7.58. The normalized spacial score (nSPS) is 17.9. The molecule has 7 nitrogen and oxygen atoms in total. The lowest BCUT2D eigenvalue weighted by Gasteiger charge is -2.22. The molecule has 0 bridgehead atoms. The van der Waals surface area contributed by atoms with Crippen LogP contribution in [0.2, 0.25) is 0 Å². The average Bonchev–Trinajstić information content (AvgIpc) is 3.19. The molecule has 0 aliphatic carbocycles. The summed E-state index contributed by atoms with van der Waals surface area (Å²) in [7, 11) is 1.89. The van der Waals surface area contributed by atoms with E-state index in [1.54, 1.807) is 4.68 Å². The van der Waals surface area contributed by atoms with Crippen molar-refractivity contribution in [3.8, 4) is 0 Å². The van der Waals surface area contributed by atoms with Gasteiger partial charge in [0.1, 0.15) is 0 Å². The van der Waals surface area contributed by atoms with E-state index in [0.717, 1.165) is 42.8 Å². The maximum Gasteiger partial charge on any atom is 0.318 e. The number of nitrogens with zero attached hydrogens (tertiary/aromatic N) is 4. The number of hydrogen-bond acceptors (Lipinski definition) is 4. The molecule has 0 aromatic carbocycles. The van der Waals surface area contributed by atoms with Gasteiger partial charge in [0.2, 0.25) is 0 Å². The molecule has 1 saturated heterocycles. The van der Waals surface area contributed by atoms with E-state index in [4.69, 9.17) is 4.52 Å². The first-order valence-corrected chi connectivity index (χ1v) is 7.58. The molecular weight excluding hydrogens is 282 g/mol. The highest BCUT2D eigenvalue weighted by Gasteiger charge is 2.32. The number of amides is 2. The fourth-order valence-corrected chi connectivity index (χ4v) is 2.86. The number of aryl methyl sites for hydroxylation is 2. The molecule has 0 saturated carbocycles. The average molecular weight is 303 g/mol. The highest BCUT2D eigenvalue weighted by atomic mass is 16.5. The monoisotopic (exact) mass is 303 g/mol. The SMILES string of the molecule is Cc1cc(C2CCCN2C(=O)NCCc2cnn(C)c2)on1. The van der Waals surface area contributed by atoms with Gasteiger partial charge in [0.05, 0.1) is 17.9 Å². The number of aromatic nitrogens is 3. The fourth-order valence-electron chi connectivity index (χ4n) is 2.86. The lowest BCUT2D eigenvalue weighted by Crippen LogP contribution is -2.40. The van der Waals surface area contributed by atoms with E-state index >= 15 is 0 Å². The molecule has 1 N–H and O–H groups in total. The highest BCUT2D eigenvalue weighted by molar-refractivity contribution is 5.75. The van der Waals surface area contributed by atoms with Crippen LogP contribution >= 0.6 is 0 Å². The van der Waals surface area contributed by atoms with Gasteiger partial charge < -0.3 is 14.7 Å². The van der Waals surface area contributed by atoms with Crippen LogP contribution in [0.25, 0.3) is 0 Å². The summed E-state index contributed by atoms with van der Waals surface area (Å²) < 4.78 is 7.09. The Morgan fingerprint density at radius 3 is 3.09 bits per heavy atom. The number of carbonyl (C=O) groups is 1. The van der Waals surface area contributed by atoms with Gasteiger partial charge in [0.25, 0.3) is 0 Å². The van der Waals surface area contributed by atoms with Crippen LogP contribution in [0.1, 0.15) is 35.9 Å². The van der Waals surface area contributed by atoms with Crippen LogP contribution in [0.15, 0.2) is 23.0 Å². The van der Waals surface area contributed by atoms with E-state index in [1.807, 2.05) is 37.3 Å². The van der Waals surface area contributed by atoms with Crippen LogP contribution in [0, 0.1) is 6.92 Å². The Bertz CT molecular complexity index is 648. The summed E-state index contributed by atoms with van der Waals surface area (Å²) in [5.74, 6) is 0.775. The maximum atomic E-state index is 12.4. The summed E-state index contributed by atoms with van der Waals surface area (Å²) in [6.07, 6.45) is 6.47. The smallest absolute Gasteiger partial charge is 0.318 e. The van der Waals surface area contributed by atoms with E-state index < -0.39 is 0 Å². The lowest BCUT2D eigenvalue weighted by molar-refractivity contribution is 0.182. The largest absolute Gasteiger partial charge is 0.359 e. The predicted octanol–water partition coefficient (Wildman–Crippen LogP) is 1.81. The second kappa shape index (κ2) is 6.21. The van der Waals surface area contributed by atoms with Crippen molar-refractivity contribution in [3.05, 3.63) is 35.5 Å². The van der Waals surface area contributed by atoms with E-state index in [0.29, 0.717) is 6.54 Å². The molecule has 118 valence electrons. The molecule has 1 aliphatic heterocycles. The quantitative estimate of drug-likeness (QED) is 0.934. The number of urea groups is 1. The predicted molar refractivity (Wildman–Crippen MR) is 80.2 cm³/mol. The minimum atomic E-state index is -0.0413. The summed E-state index contributed by atoms with van der Waals surface area (Å²) in [6, 6.07) is 1.87. The summed E-state index contributed by atoms with van der Waals surface area (Å²) >= 11 is 0. The van der Waals surface area contributed by atoms with Crippen molar-refractivity contribution >= 4 is 6.03 Å². The molecule has 7 heteroatoms. The lowest BCUT2D eigenvalue weighted by atomic mass is 10.1. The minimum absolute atomic E-state index is 0.000378. The molecule has 1 fully saturated rings. The van der Waals surface area contributed by atoms with Crippen LogP contribution in [0.5, 0.6) is 0 Å². The fraction of sp³-hybridized carbons (Fsp3) is 0.533. The molecule has 2 aromatic rings. The van der Waals surface area contributed by atoms with Gasteiger partial charge in [-0.3, -0.25) is 4.68 Å². The summed E-state index contributed by atoms with van der Waals surface area (Å²) in [5, 5.41) is 11.0. The van der Waals surface area contributed by atoms with Crippen molar-refractivity contribution in [2.24, 2.45) is 7.05 Å². The van der Waals surface area contributed by atoms with Crippen LogP contribution in [-0.4, -0.2) is 39.0 Å². The Kier molecular flexibility index (Phi) is 4.13. The third-order valence-electron chi connectivity index (χ3n) is 3.94. The van der Waals surface area contributed by atoms with Gasteiger partial charge in [-0.2, -0.15) is 5.10 Å². The van der Waals surface area contributed by atoms with Crippen LogP contribution in [0.4, 0.5) is 4.79 Å². The summed E-state index contributed by atoms with van der Waals surface area (Å²) in [5.41, 5.74) is 1.96. The molecule has 1 unspecified atom stereocenters. The first-order chi connectivity index (χ1) is 10.6. The van der Waals surface area contributed by atoms with E-state index in [1.165, 1.54) is 0 Å². The molecule has 1 atom stereocenters. The number of nitrogens with one attached hydrogen (secondary N) is 1. The molecule has 3 rings (SSSR count). The minimum Gasteiger partial charge on any atom is -0.359 e. The second-order valence-corrected chi connectivity index (χ2v) is 5.73. The zero-order valence-electron chi connectivity index (χ0n) is 13.0. The molecule has 2 amide bonds. The topological polar surface area (TPSA) is 76.2 Å². The van der Waals surface area contributed by atoms with Crippen molar-refractivity contribution in [1.82, 2.24) is 25.2 Å². The van der Waals surface area contributed by atoms with Crippen LogP contribution in [-0.2, 0) is 13.5 Å². The van der Waals surface area contributed by atoms with Gasteiger partial charge in [-0.1, -0.05) is 5.16 Å². The van der Waals surface area contributed by atoms with E-state index in [-0.39, 0.29) is 12.1 Å². The van der Waals surface area contributed by atoms with E-state index in [2.05, 4.69) is 15.6 Å². The Balaban J connectivity index is 1.54. The van der Waals surface area contributed by atoms with Gasteiger partial charge in [-0.25, -0.2) is 4.79 Å². The molecule has 22 heavy (non-hydrogen) atoms. The van der Waals surface area contributed by atoms with Crippen molar-refractivity contribution in [3.63, 3.8) is 0 Å². The summed E-state index contributed by atoms with van der Waals surface area (Å²) in [4.78, 5) is 14.2. The van der Waals surface area contributed by atoms with Crippen LogP contribution < -0.4 is 5.32 Å². The highest BCUT2D eigenvalue weighted by Crippen LogP contribution is 2.32. The van der Waals surface area contributed by atoms with Gasteiger partial charge in [0.15, 0.2) is 5.76 Å². The number of hydrogen-bond donors (Lipinski definition) is 1. The van der Waals surface area contributed by atoms with Crippen LogP contribution in [0.3, 0.4) is 0 Å².